The highest BCUT2D eigenvalue weighted by molar-refractivity contribution is 7.99. The van der Waals surface area contributed by atoms with E-state index in [0.29, 0.717) is 29.9 Å². The molecule has 0 spiro atoms. The van der Waals surface area contributed by atoms with Gasteiger partial charge in [-0.1, -0.05) is 44.1 Å². The maximum Gasteiger partial charge on any atom is 0.275 e. The molecule has 1 aliphatic rings. The van der Waals surface area contributed by atoms with E-state index in [2.05, 4.69) is 22.2 Å². The van der Waals surface area contributed by atoms with Gasteiger partial charge in [0.2, 0.25) is 10.0 Å². The fourth-order valence-electron chi connectivity index (χ4n) is 3.19. The molecule has 2 aromatic rings. The fourth-order valence-corrected chi connectivity index (χ4v) is 5.65. The maximum atomic E-state index is 12.9. The van der Waals surface area contributed by atoms with E-state index < -0.39 is 15.9 Å². The van der Waals surface area contributed by atoms with Gasteiger partial charge in [0.05, 0.1) is 16.1 Å². The number of nitrogens with one attached hydrogen (secondary N) is 1. The zero-order chi connectivity index (χ0) is 21.9. The summed E-state index contributed by atoms with van der Waals surface area (Å²) in [5, 5.41) is 3.60. The molecule has 0 unspecified atom stereocenters. The van der Waals surface area contributed by atoms with Crippen LogP contribution >= 0.6 is 23.4 Å². The number of carbonyl (C=O) groups is 1. The molecule has 0 saturated carbocycles. The molecule has 1 fully saturated rings. The van der Waals surface area contributed by atoms with Gasteiger partial charge in [-0.15, -0.1) is 0 Å². The molecule has 1 amide bonds. The van der Waals surface area contributed by atoms with Crippen molar-refractivity contribution in [1.82, 2.24) is 14.3 Å². The molecular weight excluding hydrogens is 444 g/mol. The van der Waals surface area contributed by atoms with Crippen molar-refractivity contribution in [2.75, 3.05) is 18.4 Å². The van der Waals surface area contributed by atoms with Gasteiger partial charge in [-0.3, -0.25) is 4.79 Å². The molecule has 1 saturated heterocycles. The van der Waals surface area contributed by atoms with E-state index in [1.165, 1.54) is 34.4 Å². The molecule has 162 valence electrons. The lowest BCUT2D eigenvalue weighted by Gasteiger charge is -2.30. The molecule has 0 bridgehead atoms. The minimum absolute atomic E-state index is 0.0776. The van der Waals surface area contributed by atoms with Crippen LogP contribution in [0.1, 0.15) is 44.1 Å². The summed E-state index contributed by atoms with van der Waals surface area (Å²) in [6, 6.07) is 6.14. The van der Waals surface area contributed by atoms with Crippen molar-refractivity contribution in [2.24, 2.45) is 5.92 Å². The molecule has 1 aliphatic heterocycles. The van der Waals surface area contributed by atoms with Crippen LogP contribution < -0.4 is 5.32 Å². The second-order valence-corrected chi connectivity index (χ2v) is 11.5. The Labute approximate surface area is 186 Å². The quantitative estimate of drug-likeness (QED) is 0.501. The van der Waals surface area contributed by atoms with Gasteiger partial charge in [-0.2, -0.15) is 4.31 Å². The lowest BCUT2D eigenvalue weighted by atomic mass is 10.0. The topological polar surface area (TPSA) is 92.3 Å². The van der Waals surface area contributed by atoms with Crippen molar-refractivity contribution >= 4 is 45.0 Å². The normalized spacial score (nSPS) is 17.8. The number of anilines is 1. The van der Waals surface area contributed by atoms with Gasteiger partial charge in [0.15, 0.2) is 10.9 Å². The third-order valence-electron chi connectivity index (χ3n) is 4.65. The number of carbonyl (C=O) groups excluding carboxylic acids is 1. The summed E-state index contributed by atoms with van der Waals surface area (Å²) < 4.78 is 27.3. The largest absolute Gasteiger partial charge is 0.321 e. The van der Waals surface area contributed by atoms with Crippen molar-refractivity contribution < 1.29 is 13.2 Å². The third-order valence-corrected chi connectivity index (χ3v) is 7.68. The molecule has 7 nitrogen and oxygen atoms in total. The van der Waals surface area contributed by atoms with E-state index in [4.69, 9.17) is 11.6 Å². The molecule has 2 heterocycles. The zero-order valence-electron chi connectivity index (χ0n) is 17.1. The predicted octanol–water partition coefficient (Wildman–Crippen LogP) is 4.30. The number of nitrogens with zero attached hydrogens (tertiary/aromatic N) is 3. The summed E-state index contributed by atoms with van der Waals surface area (Å²) in [6.45, 7) is 7.13. The van der Waals surface area contributed by atoms with E-state index in [1.54, 1.807) is 12.1 Å². The van der Waals surface area contributed by atoms with Crippen LogP contribution in [0.4, 0.5) is 5.69 Å². The molecule has 10 heteroatoms. The smallest absolute Gasteiger partial charge is 0.275 e. The van der Waals surface area contributed by atoms with Crippen LogP contribution in [-0.4, -0.2) is 46.9 Å². The van der Waals surface area contributed by atoms with Crippen molar-refractivity contribution in [2.45, 2.75) is 48.9 Å². The number of hydrogen-bond acceptors (Lipinski definition) is 6. The van der Waals surface area contributed by atoms with E-state index in [-0.39, 0.29) is 20.9 Å². The molecule has 3 rings (SSSR count). The number of amides is 1. The van der Waals surface area contributed by atoms with Crippen LogP contribution in [0, 0.1) is 5.92 Å². The van der Waals surface area contributed by atoms with Crippen molar-refractivity contribution in [3.05, 3.63) is 41.2 Å². The standard InChI is InChI=1S/C20H25ClN4O3S2/c1-13(2)29-20-22-11-17(21)18(24-20)19(26)23-15-6-8-16(9-7-15)30(27,28)25-10-4-5-14(3)12-25/h6-9,11,13-14H,4-5,10,12H2,1-3H3,(H,23,26)/t14-/m1/s1. The van der Waals surface area contributed by atoms with Crippen LogP contribution in [0.15, 0.2) is 40.5 Å². The van der Waals surface area contributed by atoms with Crippen LogP contribution in [-0.2, 0) is 10.0 Å². The minimum atomic E-state index is -3.54. The molecule has 1 aromatic heterocycles. The monoisotopic (exact) mass is 468 g/mol. The zero-order valence-corrected chi connectivity index (χ0v) is 19.5. The average Bonchev–Trinajstić information content (AvgIpc) is 2.69. The number of rotatable bonds is 6. The number of hydrogen-bond donors (Lipinski definition) is 1. The summed E-state index contributed by atoms with van der Waals surface area (Å²) in [7, 11) is -3.54. The fraction of sp³-hybridized carbons (Fsp3) is 0.450. The van der Waals surface area contributed by atoms with Crippen LogP contribution in [0.25, 0.3) is 0 Å². The van der Waals surface area contributed by atoms with E-state index in [9.17, 15) is 13.2 Å². The van der Waals surface area contributed by atoms with Crippen LogP contribution in [0.5, 0.6) is 0 Å². The van der Waals surface area contributed by atoms with E-state index >= 15 is 0 Å². The van der Waals surface area contributed by atoms with E-state index in [0.717, 1.165) is 12.8 Å². The summed E-state index contributed by atoms with van der Waals surface area (Å²) in [4.78, 5) is 21.2. The highest BCUT2D eigenvalue weighted by Gasteiger charge is 2.28. The van der Waals surface area contributed by atoms with Crippen LogP contribution in [0.3, 0.4) is 0 Å². The molecule has 1 atom stereocenters. The Morgan fingerprint density at radius 2 is 2.00 bits per heavy atom. The van der Waals surface area contributed by atoms with Crippen LogP contribution in [0.2, 0.25) is 5.02 Å². The average molecular weight is 469 g/mol. The number of sulfonamides is 1. The summed E-state index contributed by atoms with van der Waals surface area (Å²) >= 11 is 7.53. The van der Waals surface area contributed by atoms with Crippen molar-refractivity contribution in [3.8, 4) is 0 Å². The summed E-state index contributed by atoms with van der Waals surface area (Å²) in [5.41, 5.74) is 0.535. The van der Waals surface area contributed by atoms with Gasteiger partial charge in [0.1, 0.15) is 0 Å². The number of thioether (sulfide) groups is 1. The third kappa shape index (κ3) is 5.51. The summed E-state index contributed by atoms with van der Waals surface area (Å²) in [6.07, 6.45) is 3.31. The Hall–Kier alpha value is -1.68. The molecule has 1 aromatic carbocycles. The molecular formula is C20H25ClN4O3S2. The first-order valence-electron chi connectivity index (χ1n) is 9.77. The van der Waals surface area contributed by atoms with Gasteiger partial charge in [-0.25, -0.2) is 18.4 Å². The number of piperidine rings is 1. The number of aromatic nitrogens is 2. The SMILES string of the molecule is CC(C)Sc1ncc(Cl)c(C(=O)Nc2ccc(S(=O)(=O)N3CCC[C@@H](C)C3)cc2)n1. The lowest BCUT2D eigenvalue weighted by molar-refractivity contribution is 0.102. The molecule has 0 aliphatic carbocycles. The Morgan fingerprint density at radius 1 is 1.30 bits per heavy atom. The van der Waals surface area contributed by atoms with Gasteiger partial charge >= 0.3 is 0 Å². The van der Waals surface area contributed by atoms with Gasteiger partial charge in [0, 0.05) is 24.0 Å². The van der Waals surface area contributed by atoms with Crippen molar-refractivity contribution in [3.63, 3.8) is 0 Å². The van der Waals surface area contributed by atoms with Crippen molar-refractivity contribution in [1.29, 1.82) is 0 Å². The summed E-state index contributed by atoms with van der Waals surface area (Å²) in [5.74, 6) is -0.128. The Kier molecular flexibility index (Phi) is 7.38. The highest BCUT2D eigenvalue weighted by Crippen LogP contribution is 2.25. The second kappa shape index (κ2) is 9.64. The molecule has 0 radical (unpaired) electrons. The second-order valence-electron chi connectivity index (χ2n) is 7.60. The minimum Gasteiger partial charge on any atom is -0.321 e. The van der Waals surface area contributed by atoms with Gasteiger partial charge in [0.25, 0.3) is 5.91 Å². The number of benzene rings is 1. The Morgan fingerprint density at radius 3 is 2.63 bits per heavy atom. The molecule has 1 N–H and O–H groups in total. The van der Waals surface area contributed by atoms with Gasteiger partial charge < -0.3 is 5.32 Å². The van der Waals surface area contributed by atoms with Gasteiger partial charge in [-0.05, 0) is 43.0 Å². The lowest BCUT2D eigenvalue weighted by Crippen LogP contribution is -2.39. The van der Waals surface area contributed by atoms with E-state index in [1.807, 2.05) is 13.8 Å². The Bertz CT molecular complexity index is 1010. The predicted molar refractivity (Wildman–Crippen MR) is 120 cm³/mol. The maximum absolute atomic E-state index is 12.9. The Balaban J connectivity index is 1.73. The number of halogens is 1. The first kappa shape index (κ1) is 23.0. The first-order chi connectivity index (χ1) is 14.2. The first-order valence-corrected chi connectivity index (χ1v) is 12.5. The highest BCUT2D eigenvalue weighted by atomic mass is 35.5. The molecule has 30 heavy (non-hydrogen) atoms.